The van der Waals surface area contributed by atoms with Gasteiger partial charge in [-0.1, -0.05) is 0 Å². The van der Waals surface area contributed by atoms with Gasteiger partial charge in [-0.2, -0.15) is 5.10 Å². The van der Waals surface area contributed by atoms with Crippen LogP contribution in [0.2, 0.25) is 0 Å². The molecule has 0 aromatic carbocycles. The van der Waals surface area contributed by atoms with Crippen LogP contribution in [0.1, 0.15) is 35.8 Å². The first-order valence-corrected chi connectivity index (χ1v) is 5.56. The molecule has 0 atom stereocenters. The Morgan fingerprint density at radius 3 is 2.60 bits per heavy atom. The molecule has 1 saturated heterocycles. The van der Waals surface area contributed by atoms with Crippen molar-refractivity contribution >= 4 is 0 Å². The van der Waals surface area contributed by atoms with Crippen LogP contribution in [-0.4, -0.2) is 23.0 Å². The molecule has 2 N–H and O–H groups in total. The number of aryl methyl sites for hydroxylation is 1. The van der Waals surface area contributed by atoms with Crippen LogP contribution in [0.3, 0.4) is 0 Å². The van der Waals surface area contributed by atoms with E-state index >= 15 is 0 Å². The zero-order valence-electron chi connectivity index (χ0n) is 9.49. The third-order valence-electron chi connectivity index (χ3n) is 3.22. The predicted octanol–water partition coefficient (Wildman–Crippen LogP) is 1.31. The van der Waals surface area contributed by atoms with Crippen molar-refractivity contribution in [3.63, 3.8) is 0 Å². The molecule has 2 heterocycles. The number of hydrogen-bond acceptors (Lipinski definition) is 3. The summed E-state index contributed by atoms with van der Waals surface area (Å²) < 4.78 is 7.50. The minimum Gasteiger partial charge on any atom is -0.381 e. The highest BCUT2D eigenvalue weighted by Crippen LogP contribution is 2.24. The second-order valence-corrected chi connectivity index (χ2v) is 4.14. The molecule has 1 aromatic rings. The van der Waals surface area contributed by atoms with Gasteiger partial charge < -0.3 is 10.5 Å². The Balaban J connectivity index is 2.27. The predicted molar refractivity (Wildman–Crippen MR) is 58.7 cm³/mol. The van der Waals surface area contributed by atoms with Crippen molar-refractivity contribution in [2.45, 2.75) is 39.3 Å². The van der Waals surface area contributed by atoms with E-state index in [2.05, 4.69) is 16.7 Å². The summed E-state index contributed by atoms with van der Waals surface area (Å²) in [6, 6.07) is 0.498. The summed E-state index contributed by atoms with van der Waals surface area (Å²) in [5.74, 6) is 0. The molecule has 0 spiro atoms. The van der Waals surface area contributed by atoms with Gasteiger partial charge in [0.25, 0.3) is 0 Å². The van der Waals surface area contributed by atoms with E-state index in [1.54, 1.807) is 0 Å². The Labute approximate surface area is 90.4 Å². The van der Waals surface area contributed by atoms with E-state index in [0.717, 1.165) is 31.7 Å². The van der Waals surface area contributed by atoms with Crippen molar-refractivity contribution in [2.75, 3.05) is 13.2 Å². The molecule has 84 valence electrons. The molecule has 2 rings (SSSR count). The van der Waals surface area contributed by atoms with Crippen LogP contribution in [0.4, 0.5) is 0 Å². The fourth-order valence-corrected chi connectivity index (χ4v) is 2.28. The van der Waals surface area contributed by atoms with E-state index in [4.69, 9.17) is 10.5 Å². The van der Waals surface area contributed by atoms with Crippen LogP contribution in [0.25, 0.3) is 0 Å². The zero-order chi connectivity index (χ0) is 10.8. The molecule has 15 heavy (non-hydrogen) atoms. The lowest BCUT2D eigenvalue weighted by atomic mass is 10.1. The number of nitrogens with two attached hydrogens (primary N) is 1. The summed E-state index contributed by atoms with van der Waals surface area (Å²) in [6.07, 6.45) is 2.12. The smallest absolute Gasteiger partial charge is 0.0641 e. The lowest BCUT2D eigenvalue weighted by Gasteiger charge is -2.23. The molecule has 1 fully saturated rings. The second kappa shape index (κ2) is 4.33. The average Bonchev–Trinajstić information content (AvgIpc) is 2.55. The van der Waals surface area contributed by atoms with Gasteiger partial charge in [-0.3, -0.25) is 4.68 Å². The topological polar surface area (TPSA) is 53.1 Å². The fourth-order valence-electron chi connectivity index (χ4n) is 2.28. The summed E-state index contributed by atoms with van der Waals surface area (Å²) in [4.78, 5) is 0. The van der Waals surface area contributed by atoms with Crippen LogP contribution >= 0.6 is 0 Å². The van der Waals surface area contributed by atoms with E-state index in [9.17, 15) is 0 Å². The first-order valence-electron chi connectivity index (χ1n) is 5.56. The number of aromatic nitrogens is 2. The van der Waals surface area contributed by atoms with Crippen LogP contribution in [0, 0.1) is 13.8 Å². The normalized spacial score (nSPS) is 18.3. The maximum absolute atomic E-state index is 5.72. The van der Waals surface area contributed by atoms with Crippen molar-refractivity contribution in [3.05, 3.63) is 17.0 Å². The highest BCUT2D eigenvalue weighted by molar-refractivity contribution is 5.24. The number of hydrogen-bond donors (Lipinski definition) is 1. The number of ether oxygens (including phenoxy) is 1. The monoisotopic (exact) mass is 209 g/mol. The van der Waals surface area contributed by atoms with Crippen molar-refractivity contribution in [2.24, 2.45) is 5.73 Å². The number of rotatable bonds is 2. The minimum absolute atomic E-state index is 0.498. The molecule has 0 unspecified atom stereocenters. The molecule has 0 saturated carbocycles. The summed E-state index contributed by atoms with van der Waals surface area (Å²) in [5.41, 5.74) is 9.21. The lowest BCUT2D eigenvalue weighted by molar-refractivity contribution is 0.0656. The quantitative estimate of drug-likeness (QED) is 0.799. The molecule has 4 heteroatoms. The van der Waals surface area contributed by atoms with E-state index in [1.165, 1.54) is 11.3 Å². The van der Waals surface area contributed by atoms with Gasteiger partial charge in [-0.05, 0) is 26.7 Å². The van der Waals surface area contributed by atoms with Gasteiger partial charge in [0.15, 0.2) is 0 Å². The standard InChI is InChI=1S/C11H19N3O/c1-8-11(7-12)9(2)14(13-8)10-3-5-15-6-4-10/h10H,3-7,12H2,1-2H3. The van der Waals surface area contributed by atoms with Crippen molar-refractivity contribution in [3.8, 4) is 0 Å². The average molecular weight is 209 g/mol. The Kier molecular flexibility index (Phi) is 3.07. The maximum Gasteiger partial charge on any atom is 0.0641 e. The van der Waals surface area contributed by atoms with Gasteiger partial charge in [-0.15, -0.1) is 0 Å². The van der Waals surface area contributed by atoms with Crippen LogP contribution < -0.4 is 5.73 Å². The van der Waals surface area contributed by atoms with E-state index in [-0.39, 0.29) is 0 Å². The summed E-state index contributed by atoms with van der Waals surface area (Å²) >= 11 is 0. The highest BCUT2D eigenvalue weighted by atomic mass is 16.5. The summed E-state index contributed by atoms with van der Waals surface area (Å²) in [7, 11) is 0. The molecule has 1 aromatic heterocycles. The largest absolute Gasteiger partial charge is 0.381 e. The van der Waals surface area contributed by atoms with Gasteiger partial charge in [-0.25, -0.2) is 0 Å². The highest BCUT2D eigenvalue weighted by Gasteiger charge is 2.20. The minimum atomic E-state index is 0.498. The Hall–Kier alpha value is -0.870. The third kappa shape index (κ3) is 1.92. The van der Waals surface area contributed by atoms with Gasteiger partial charge in [0.05, 0.1) is 11.7 Å². The third-order valence-corrected chi connectivity index (χ3v) is 3.22. The second-order valence-electron chi connectivity index (χ2n) is 4.14. The summed E-state index contributed by atoms with van der Waals surface area (Å²) in [6.45, 7) is 6.42. The Bertz CT molecular complexity index is 340. The molecule has 1 aliphatic heterocycles. The van der Waals surface area contributed by atoms with Gasteiger partial charge in [0, 0.05) is 31.0 Å². The molecular weight excluding hydrogens is 190 g/mol. The van der Waals surface area contributed by atoms with Crippen LogP contribution in [-0.2, 0) is 11.3 Å². The molecule has 1 aliphatic rings. The molecule has 4 nitrogen and oxygen atoms in total. The van der Waals surface area contributed by atoms with Gasteiger partial charge >= 0.3 is 0 Å². The van der Waals surface area contributed by atoms with E-state index in [0.29, 0.717) is 12.6 Å². The lowest BCUT2D eigenvalue weighted by Crippen LogP contribution is -2.21. The Morgan fingerprint density at radius 1 is 1.40 bits per heavy atom. The van der Waals surface area contributed by atoms with Crippen molar-refractivity contribution < 1.29 is 4.74 Å². The molecule has 0 aliphatic carbocycles. The molecular formula is C11H19N3O. The molecule has 0 bridgehead atoms. The first-order chi connectivity index (χ1) is 7.24. The molecule has 0 radical (unpaired) electrons. The fraction of sp³-hybridized carbons (Fsp3) is 0.727. The maximum atomic E-state index is 5.72. The SMILES string of the molecule is Cc1nn(C2CCOCC2)c(C)c1CN. The van der Waals surface area contributed by atoms with Gasteiger partial charge in [0.1, 0.15) is 0 Å². The summed E-state index contributed by atoms with van der Waals surface area (Å²) in [5, 5.41) is 4.59. The van der Waals surface area contributed by atoms with E-state index < -0.39 is 0 Å². The van der Waals surface area contributed by atoms with Gasteiger partial charge in [0.2, 0.25) is 0 Å². The van der Waals surface area contributed by atoms with Crippen LogP contribution in [0.15, 0.2) is 0 Å². The van der Waals surface area contributed by atoms with Crippen LogP contribution in [0.5, 0.6) is 0 Å². The zero-order valence-corrected chi connectivity index (χ0v) is 9.49. The first kappa shape index (κ1) is 10.6. The Morgan fingerprint density at radius 2 is 2.07 bits per heavy atom. The number of nitrogens with zero attached hydrogens (tertiary/aromatic N) is 2. The van der Waals surface area contributed by atoms with Crippen molar-refractivity contribution in [1.29, 1.82) is 0 Å². The molecule has 0 amide bonds. The van der Waals surface area contributed by atoms with E-state index in [1.807, 2.05) is 6.92 Å². The van der Waals surface area contributed by atoms with Crippen molar-refractivity contribution in [1.82, 2.24) is 9.78 Å².